The molecule has 1 heterocycles. The van der Waals surface area contributed by atoms with E-state index in [4.69, 9.17) is 0 Å². The van der Waals surface area contributed by atoms with Crippen molar-refractivity contribution in [2.24, 2.45) is 0 Å². The molecule has 0 saturated carbocycles. The van der Waals surface area contributed by atoms with Gasteiger partial charge in [-0.1, -0.05) is 32.4 Å². The number of hydrogen-bond acceptors (Lipinski definition) is 2. The van der Waals surface area contributed by atoms with Crippen molar-refractivity contribution in [3.8, 4) is 0 Å². The summed E-state index contributed by atoms with van der Waals surface area (Å²) in [6.07, 6.45) is 5.12. The second kappa shape index (κ2) is 8.66. The molecule has 1 aliphatic rings. The highest BCUT2D eigenvalue weighted by Crippen LogP contribution is 2.16. The van der Waals surface area contributed by atoms with E-state index in [1.54, 1.807) is 0 Å². The average Bonchev–Trinajstić information content (AvgIpc) is 2.52. The van der Waals surface area contributed by atoms with E-state index in [9.17, 15) is 4.21 Å². The quantitative estimate of drug-likeness (QED) is 0.784. The number of rotatable bonds is 7. The molecule has 0 bridgehead atoms. The number of nitrogens with one attached hydrogen (secondary N) is 1. The van der Waals surface area contributed by atoms with Gasteiger partial charge in [-0.05, 0) is 62.5 Å². The summed E-state index contributed by atoms with van der Waals surface area (Å²) in [7, 11) is -1.08. The molecule has 1 unspecified atom stereocenters. The number of hydrogen-bond donors (Lipinski definition) is 1. The van der Waals surface area contributed by atoms with E-state index in [1.165, 1.54) is 37.9 Å². The van der Waals surface area contributed by atoms with Crippen LogP contribution in [0, 0.1) is 0 Å². The van der Waals surface area contributed by atoms with E-state index in [0.29, 0.717) is 5.92 Å². The van der Waals surface area contributed by atoms with Gasteiger partial charge in [-0.3, -0.25) is 0 Å². The lowest BCUT2D eigenvalue weighted by Crippen LogP contribution is -2.32. The predicted octanol–water partition coefficient (Wildman–Crippen LogP) is 3.30. The Morgan fingerprint density at radius 2 is 1.81 bits per heavy atom. The molecule has 0 spiro atoms. The molecule has 0 amide bonds. The van der Waals surface area contributed by atoms with Crippen molar-refractivity contribution < 1.29 is 4.21 Å². The maximum atomic E-state index is 12.2. The lowest BCUT2D eigenvalue weighted by atomic mass is 10.0. The first-order valence-corrected chi connectivity index (χ1v) is 9.29. The zero-order valence-corrected chi connectivity index (χ0v) is 14.1. The maximum absolute atomic E-state index is 12.2. The average molecular weight is 308 g/mol. The molecule has 4 heteroatoms. The first kappa shape index (κ1) is 16.7. The standard InChI is InChI=1S/C17H28N2OS/c1-15(2)16-7-9-17(10-8-16)21(20)18-11-6-14-19-12-4-3-5-13-19/h7-10,15,18H,3-6,11-14H2,1-2H3. The Labute approximate surface area is 131 Å². The van der Waals surface area contributed by atoms with Gasteiger partial charge < -0.3 is 4.90 Å². The molecule has 0 aromatic heterocycles. The Hall–Kier alpha value is -0.710. The summed E-state index contributed by atoms with van der Waals surface area (Å²) in [5.41, 5.74) is 1.29. The van der Waals surface area contributed by atoms with Crippen LogP contribution in [0.5, 0.6) is 0 Å². The molecule has 1 fully saturated rings. The fourth-order valence-corrected chi connectivity index (χ4v) is 3.59. The molecule has 1 atom stereocenters. The number of piperidine rings is 1. The third-order valence-corrected chi connectivity index (χ3v) is 5.26. The number of nitrogens with zero attached hydrogens (tertiary/aromatic N) is 1. The second-order valence-electron chi connectivity index (χ2n) is 6.14. The molecular formula is C17H28N2OS. The van der Waals surface area contributed by atoms with E-state index in [0.717, 1.165) is 24.4 Å². The van der Waals surface area contributed by atoms with Gasteiger partial charge in [0.25, 0.3) is 0 Å². The zero-order chi connectivity index (χ0) is 15.1. The summed E-state index contributed by atoms with van der Waals surface area (Å²) in [5.74, 6) is 0.519. The van der Waals surface area contributed by atoms with Gasteiger partial charge in [0.05, 0.1) is 4.90 Å². The maximum Gasteiger partial charge on any atom is 0.124 e. The van der Waals surface area contributed by atoms with Crippen LogP contribution in [-0.2, 0) is 11.0 Å². The molecule has 0 aliphatic carbocycles. The van der Waals surface area contributed by atoms with Crippen LogP contribution in [0.3, 0.4) is 0 Å². The first-order chi connectivity index (χ1) is 10.2. The minimum absolute atomic E-state index is 0.519. The highest BCUT2D eigenvalue weighted by atomic mass is 32.2. The SMILES string of the molecule is CC(C)c1ccc(S(=O)NCCCN2CCCCC2)cc1. The molecule has 1 aliphatic heterocycles. The van der Waals surface area contributed by atoms with Crippen molar-refractivity contribution in [3.63, 3.8) is 0 Å². The van der Waals surface area contributed by atoms with Crippen LogP contribution in [0.2, 0.25) is 0 Å². The van der Waals surface area contributed by atoms with Crippen molar-refractivity contribution in [2.45, 2.75) is 50.3 Å². The summed E-state index contributed by atoms with van der Waals surface area (Å²) < 4.78 is 15.3. The van der Waals surface area contributed by atoms with Crippen LogP contribution in [0.1, 0.15) is 51.0 Å². The Balaban J connectivity index is 1.69. The molecule has 1 aromatic carbocycles. The molecular weight excluding hydrogens is 280 g/mol. The van der Waals surface area contributed by atoms with E-state index in [2.05, 4.69) is 35.6 Å². The molecule has 2 rings (SSSR count). The largest absolute Gasteiger partial charge is 0.303 e. The van der Waals surface area contributed by atoms with Gasteiger partial charge in [0, 0.05) is 6.54 Å². The Morgan fingerprint density at radius 3 is 2.43 bits per heavy atom. The van der Waals surface area contributed by atoms with Crippen molar-refractivity contribution >= 4 is 11.0 Å². The van der Waals surface area contributed by atoms with Crippen LogP contribution < -0.4 is 4.72 Å². The zero-order valence-electron chi connectivity index (χ0n) is 13.3. The summed E-state index contributed by atoms with van der Waals surface area (Å²) in [6.45, 7) is 8.75. The van der Waals surface area contributed by atoms with E-state index < -0.39 is 11.0 Å². The van der Waals surface area contributed by atoms with E-state index in [1.807, 2.05) is 12.1 Å². The summed E-state index contributed by atoms with van der Waals surface area (Å²) >= 11 is 0. The fourth-order valence-electron chi connectivity index (χ4n) is 2.71. The highest BCUT2D eigenvalue weighted by Gasteiger charge is 2.09. The molecule has 0 radical (unpaired) electrons. The van der Waals surface area contributed by atoms with Gasteiger partial charge in [-0.2, -0.15) is 0 Å². The topological polar surface area (TPSA) is 32.3 Å². The monoisotopic (exact) mass is 308 g/mol. The minimum Gasteiger partial charge on any atom is -0.303 e. The lowest BCUT2D eigenvalue weighted by molar-refractivity contribution is 0.227. The van der Waals surface area contributed by atoms with Gasteiger partial charge in [0.15, 0.2) is 0 Å². The fraction of sp³-hybridized carbons (Fsp3) is 0.647. The van der Waals surface area contributed by atoms with Crippen LogP contribution >= 0.6 is 0 Å². The normalized spacial score (nSPS) is 18.0. The van der Waals surface area contributed by atoms with Crippen molar-refractivity contribution in [3.05, 3.63) is 29.8 Å². The van der Waals surface area contributed by atoms with Gasteiger partial charge in [-0.15, -0.1) is 0 Å². The van der Waals surface area contributed by atoms with Crippen molar-refractivity contribution in [1.82, 2.24) is 9.62 Å². The van der Waals surface area contributed by atoms with Gasteiger partial charge >= 0.3 is 0 Å². The Morgan fingerprint density at radius 1 is 1.14 bits per heavy atom. The number of likely N-dealkylation sites (tertiary alicyclic amines) is 1. The smallest absolute Gasteiger partial charge is 0.124 e. The first-order valence-electron chi connectivity index (χ1n) is 8.14. The minimum atomic E-state index is -1.08. The Bertz CT molecular complexity index is 439. The third-order valence-electron chi connectivity index (χ3n) is 4.09. The van der Waals surface area contributed by atoms with E-state index >= 15 is 0 Å². The molecule has 3 nitrogen and oxygen atoms in total. The summed E-state index contributed by atoms with van der Waals surface area (Å²) in [5, 5.41) is 0. The molecule has 1 aromatic rings. The van der Waals surface area contributed by atoms with E-state index in [-0.39, 0.29) is 0 Å². The summed E-state index contributed by atoms with van der Waals surface area (Å²) in [4.78, 5) is 3.39. The second-order valence-corrected chi connectivity index (χ2v) is 7.44. The van der Waals surface area contributed by atoms with Crippen molar-refractivity contribution in [1.29, 1.82) is 0 Å². The van der Waals surface area contributed by atoms with Crippen LogP contribution in [0.4, 0.5) is 0 Å². The number of benzene rings is 1. The molecule has 118 valence electrons. The van der Waals surface area contributed by atoms with Crippen LogP contribution in [0.25, 0.3) is 0 Å². The van der Waals surface area contributed by atoms with Gasteiger partial charge in [0.2, 0.25) is 0 Å². The van der Waals surface area contributed by atoms with Crippen molar-refractivity contribution in [2.75, 3.05) is 26.2 Å². The van der Waals surface area contributed by atoms with Crippen LogP contribution in [-0.4, -0.2) is 35.3 Å². The molecule has 21 heavy (non-hydrogen) atoms. The van der Waals surface area contributed by atoms with Crippen LogP contribution in [0.15, 0.2) is 29.2 Å². The third kappa shape index (κ3) is 5.53. The van der Waals surface area contributed by atoms with Gasteiger partial charge in [0.1, 0.15) is 11.0 Å². The predicted molar refractivity (Wildman–Crippen MR) is 89.9 cm³/mol. The molecule has 1 N–H and O–H groups in total. The van der Waals surface area contributed by atoms with Gasteiger partial charge in [-0.25, -0.2) is 8.93 Å². The summed E-state index contributed by atoms with van der Waals surface area (Å²) in [6, 6.07) is 8.10. The highest BCUT2D eigenvalue weighted by molar-refractivity contribution is 7.83. The Kier molecular flexibility index (Phi) is 6.87. The molecule has 1 saturated heterocycles. The lowest BCUT2D eigenvalue weighted by Gasteiger charge is -2.26.